The number of nitrogens with one attached hydrogen (secondary N) is 1. The Labute approximate surface area is 109 Å². The maximum absolute atomic E-state index is 14.0. The molecule has 0 aromatic carbocycles. The van der Waals surface area contributed by atoms with Crippen LogP contribution in [0.2, 0.25) is 5.28 Å². The van der Waals surface area contributed by atoms with Crippen molar-refractivity contribution in [3.8, 4) is 0 Å². The van der Waals surface area contributed by atoms with E-state index in [0.29, 0.717) is 12.2 Å². The first-order chi connectivity index (χ1) is 8.70. The molecule has 0 saturated carbocycles. The van der Waals surface area contributed by atoms with Crippen molar-refractivity contribution < 1.29 is 9.50 Å². The standard InChI is InChI=1S/C12H11ClFN3O/c13-12-15-6-5-10(17-12)16-9-4-2-1-3-8(7-18)11(9)14/h2-6,18H,1,7H2,(H,15,16,17). The molecule has 0 unspecified atom stereocenters. The molecular formula is C12H11ClFN3O. The van der Waals surface area contributed by atoms with Crippen molar-refractivity contribution in [1.82, 2.24) is 9.97 Å². The summed E-state index contributed by atoms with van der Waals surface area (Å²) in [5.74, 6) is -0.107. The topological polar surface area (TPSA) is 58.0 Å². The van der Waals surface area contributed by atoms with Crippen LogP contribution in [-0.4, -0.2) is 21.7 Å². The SMILES string of the molecule is OCC1=CCC=CC(Nc2ccnc(Cl)n2)=C1F. The summed E-state index contributed by atoms with van der Waals surface area (Å²) in [6, 6.07) is 1.58. The Morgan fingerprint density at radius 2 is 2.33 bits per heavy atom. The van der Waals surface area contributed by atoms with Crippen LogP contribution in [0, 0.1) is 0 Å². The maximum Gasteiger partial charge on any atom is 0.224 e. The van der Waals surface area contributed by atoms with Gasteiger partial charge in [-0.1, -0.05) is 12.2 Å². The molecule has 0 atom stereocenters. The third-order valence-corrected chi connectivity index (χ3v) is 2.54. The third-order valence-electron chi connectivity index (χ3n) is 2.36. The van der Waals surface area contributed by atoms with Crippen molar-refractivity contribution in [3.63, 3.8) is 0 Å². The van der Waals surface area contributed by atoms with Crippen molar-refractivity contribution in [1.29, 1.82) is 0 Å². The lowest BCUT2D eigenvalue weighted by Gasteiger charge is -2.08. The third kappa shape index (κ3) is 2.94. The van der Waals surface area contributed by atoms with Crippen LogP contribution in [0.25, 0.3) is 0 Å². The average Bonchev–Trinajstić information content (AvgIpc) is 2.53. The van der Waals surface area contributed by atoms with E-state index in [1.807, 2.05) is 0 Å². The Balaban J connectivity index is 2.29. The van der Waals surface area contributed by atoms with Gasteiger partial charge in [0.2, 0.25) is 5.28 Å². The molecule has 2 rings (SSSR count). The first kappa shape index (κ1) is 12.7. The van der Waals surface area contributed by atoms with Crippen LogP contribution >= 0.6 is 11.6 Å². The van der Waals surface area contributed by atoms with Gasteiger partial charge in [0, 0.05) is 11.8 Å². The summed E-state index contributed by atoms with van der Waals surface area (Å²) in [5.41, 5.74) is 0.491. The number of allylic oxidation sites excluding steroid dienone is 3. The van der Waals surface area contributed by atoms with Crippen molar-refractivity contribution >= 4 is 17.4 Å². The van der Waals surface area contributed by atoms with Gasteiger partial charge in [-0.2, -0.15) is 0 Å². The maximum atomic E-state index is 14.0. The van der Waals surface area contributed by atoms with Crippen LogP contribution in [0.1, 0.15) is 6.42 Å². The second kappa shape index (κ2) is 5.75. The van der Waals surface area contributed by atoms with Gasteiger partial charge in [0.15, 0.2) is 5.83 Å². The van der Waals surface area contributed by atoms with E-state index in [0.717, 1.165) is 0 Å². The largest absolute Gasteiger partial charge is 0.392 e. The summed E-state index contributed by atoms with van der Waals surface area (Å²) >= 11 is 5.65. The van der Waals surface area contributed by atoms with Gasteiger partial charge in [-0.05, 0) is 30.2 Å². The van der Waals surface area contributed by atoms with Gasteiger partial charge in [0.05, 0.1) is 12.3 Å². The number of nitrogens with zero attached hydrogens (tertiary/aromatic N) is 2. The van der Waals surface area contributed by atoms with Gasteiger partial charge in [-0.15, -0.1) is 0 Å². The fourth-order valence-electron chi connectivity index (χ4n) is 1.50. The van der Waals surface area contributed by atoms with E-state index in [9.17, 15) is 4.39 Å². The summed E-state index contributed by atoms with van der Waals surface area (Å²) in [5, 5.41) is 12.0. The predicted molar refractivity (Wildman–Crippen MR) is 67.7 cm³/mol. The summed E-state index contributed by atoms with van der Waals surface area (Å²) in [7, 11) is 0. The minimum Gasteiger partial charge on any atom is -0.392 e. The van der Waals surface area contributed by atoms with Crippen LogP contribution in [0.4, 0.5) is 10.2 Å². The number of hydrogen-bond acceptors (Lipinski definition) is 4. The van der Waals surface area contributed by atoms with Gasteiger partial charge < -0.3 is 10.4 Å². The Bertz CT molecular complexity index is 540. The predicted octanol–water partition coefficient (Wildman–Crippen LogP) is 2.60. The Kier molecular flexibility index (Phi) is 4.07. The molecule has 1 aromatic heterocycles. The molecule has 1 aliphatic carbocycles. The van der Waals surface area contributed by atoms with Gasteiger partial charge in [0.25, 0.3) is 0 Å². The van der Waals surface area contributed by atoms with E-state index in [-0.39, 0.29) is 23.2 Å². The first-order valence-electron chi connectivity index (χ1n) is 5.33. The molecule has 0 spiro atoms. The minimum absolute atomic E-state index is 0.0801. The number of aromatic nitrogens is 2. The molecule has 0 saturated heterocycles. The summed E-state index contributed by atoms with van der Waals surface area (Å²) in [6.45, 7) is -0.344. The lowest BCUT2D eigenvalue weighted by molar-refractivity contribution is 0.327. The summed E-state index contributed by atoms with van der Waals surface area (Å²) in [4.78, 5) is 7.65. The average molecular weight is 268 g/mol. The molecule has 6 heteroatoms. The van der Waals surface area contributed by atoms with Crippen molar-refractivity contribution in [3.05, 3.63) is 52.9 Å². The summed E-state index contributed by atoms with van der Waals surface area (Å²) in [6.07, 6.45) is 7.06. The van der Waals surface area contributed by atoms with Crippen LogP contribution in [0.15, 0.2) is 47.6 Å². The molecule has 0 radical (unpaired) electrons. The summed E-state index contributed by atoms with van der Waals surface area (Å²) < 4.78 is 14.0. The van der Waals surface area contributed by atoms with Crippen LogP contribution in [0.3, 0.4) is 0 Å². The fourth-order valence-corrected chi connectivity index (χ4v) is 1.65. The van der Waals surface area contributed by atoms with Gasteiger partial charge in [-0.3, -0.25) is 0 Å². The molecule has 94 valence electrons. The van der Waals surface area contributed by atoms with Gasteiger partial charge >= 0.3 is 0 Å². The molecule has 1 aliphatic rings. The Morgan fingerprint density at radius 3 is 3.06 bits per heavy atom. The number of aliphatic hydroxyl groups excluding tert-OH is 1. The molecule has 0 bridgehead atoms. The van der Waals surface area contributed by atoms with Crippen molar-refractivity contribution in [2.24, 2.45) is 0 Å². The van der Waals surface area contributed by atoms with E-state index in [1.165, 1.54) is 6.20 Å². The van der Waals surface area contributed by atoms with Crippen LogP contribution in [0.5, 0.6) is 0 Å². The molecule has 0 fully saturated rings. The second-order valence-corrected chi connectivity index (χ2v) is 3.93. The van der Waals surface area contributed by atoms with E-state index in [2.05, 4.69) is 15.3 Å². The van der Waals surface area contributed by atoms with E-state index >= 15 is 0 Å². The fraction of sp³-hybridized carbons (Fsp3) is 0.167. The van der Waals surface area contributed by atoms with E-state index < -0.39 is 5.83 Å². The Hall–Kier alpha value is -1.72. The van der Waals surface area contributed by atoms with E-state index in [4.69, 9.17) is 16.7 Å². The number of anilines is 1. The van der Waals surface area contributed by atoms with Gasteiger partial charge in [0.1, 0.15) is 5.82 Å². The highest BCUT2D eigenvalue weighted by molar-refractivity contribution is 6.28. The number of aliphatic hydroxyl groups is 1. The highest BCUT2D eigenvalue weighted by atomic mass is 35.5. The van der Waals surface area contributed by atoms with Crippen molar-refractivity contribution in [2.75, 3.05) is 11.9 Å². The monoisotopic (exact) mass is 267 g/mol. The van der Waals surface area contributed by atoms with Crippen LogP contribution < -0.4 is 5.32 Å². The molecule has 1 aromatic rings. The highest BCUT2D eigenvalue weighted by Gasteiger charge is 2.12. The van der Waals surface area contributed by atoms with Crippen molar-refractivity contribution in [2.45, 2.75) is 6.42 Å². The molecule has 1 heterocycles. The molecule has 0 amide bonds. The lowest BCUT2D eigenvalue weighted by Crippen LogP contribution is -2.04. The number of halogens is 2. The second-order valence-electron chi connectivity index (χ2n) is 3.59. The zero-order valence-electron chi connectivity index (χ0n) is 9.40. The molecule has 4 nitrogen and oxygen atoms in total. The van der Waals surface area contributed by atoms with E-state index in [1.54, 1.807) is 24.3 Å². The minimum atomic E-state index is -0.499. The smallest absolute Gasteiger partial charge is 0.224 e. The lowest BCUT2D eigenvalue weighted by atomic mass is 10.2. The van der Waals surface area contributed by atoms with Crippen LogP contribution in [-0.2, 0) is 0 Å². The zero-order chi connectivity index (χ0) is 13.0. The number of rotatable bonds is 3. The van der Waals surface area contributed by atoms with Gasteiger partial charge in [-0.25, -0.2) is 14.4 Å². The molecular weight excluding hydrogens is 257 g/mol. The molecule has 0 aliphatic heterocycles. The number of hydrogen-bond donors (Lipinski definition) is 2. The molecule has 2 N–H and O–H groups in total. The Morgan fingerprint density at radius 1 is 1.50 bits per heavy atom. The molecule has 18 heavy (non-hydrogen) atoms. The quantitative estimate of drug-likeness (QED) is 0.827. The highest BCUT2D eigenvalue weighted by Crippen LogP contribution is 2.22. The zero-order valence-corrected chi connectivity index (χ0v) is 10.2. The first-order valence-corrected chi connectivity index (χ1v) is 5.70. The normalized spacial score (nSPS) is 15.4.